The zero-order valence-electron chi connectivity index (χ0n) is 15.2. The second kappa shape index (κ2) is 8.41. The van der Waals surface area contributed by atoms with Gasteiger partial charge in [0.2, 0.25) is 5.91 Å². The summed E-state index contributed by atoms with van der Waals surface area (Å²) in [6, 6.07) is 2.76. The summed E-state index contributed by atoms with van der Waals surface area (Å²) in [6.45, 7) is 3.81. The van der Waals surface area contributed by atoms with E-state index in [-0.39, 0.29) is 23.9 Å². The van der Waals surface area contributed by atoms with Crippen LogP contribution >= 0.6 is 11.6 Å². The van der Waals surface area contributed by atoms with Crippen LogP contribution in [0.2, 0.25) is 5.02 Å². The van der Waals surface area contributed by atoms with Crippen LogP contribution in [0.3, 0.4) is 0 Å². The molecule has 2 aromatic heterocycles. The molecule has 0 fully saturated rings. The first-order valence-electron chi connectivity index (χ1n) is 8.75. The van der Waals surface area contributed by atoms with Gasteiger partial charge in [0.05, 0.1) is 23.2 Å². The number of carbonyl (C=O) groups is 2. The summed E-state index contributed by atoms with van der Waals surface area (Å²) in [4.78, 5) is 41.7. The maximum atomic E-state index is 12.9. The van der Waals surface area contributed by atoms with Crippen LogP contribution in [0.4, 0.5) is 5.82 Å². The normalized spacial score (nSPS) is 15.7. The lowest BCUT2D eigenvalue weighted by molar-refractivity contribution is -0.131. The van der Waals surface area contributed by atoms with E-state index in [0.717, 1.165) is 0 Å². The lowest BCUT2D eigenvalue weighted by Crippen LogP contribution is -2.39. The van der Waals surface area contributed by atoms with Crippen LogP contribution in [0.15, 0.2) is 30.7 Å². The number of nitrogens with zero attached hydrogens (tertiary/aromatic N) is 5. The lowest BCUT2D eigenvalue weighted by Gasteiger charge is -2.27. The highest BCUT2D eigenvalue weighted by atomic mass is 35.5. The third-order valence-corrected chi connectivity index (χ3v) is 4.69. The first kappa shape index (κ1) is 19.2. The molecule has 3 rings (SSSR count). The molecule has 1 aliphatic rings. The molecule has 9 heteroatoms. The molecule has 0 saturated carbocycles. The van der Waals surface area contributed by atoms with Gasteiger partial charge in [0.1, 0.15) is 5.82 Å². The van der Waals surface area contributed by atoms with Crippen LogP contribution in [-0.4, -0.2) is 58.3 Å². The summed E-state index contributed by atoms with van der Waals surface area (Å²) in [5.41, 5.74) is 0.752. The van der Waals surface area contributed by atoms with E-state index in [4.69, 9.17) is 11.6 Å². The third kappa shape index (κ3) is 3.91. The molecular formula is C18H21ClN6O2. The van der Waals surface area contributed by atoms with Crippen molar-refractivity contribution in [1.29, 1.82) is 0 Å². The van der Waals surface area contributed by atoms with Crippen molar-refractivity contribution < 1.29 is 9.59 Å². The van der Waals surface area contributed by atoms with Crippen molar-refractivity contribution in [1.82, 2.24) is 25.2 Å². The Morgan fingerprint density at radius 2 is 2.07 bits per heavy atom. The summed E-state index contributed by atoms with van der Waals surface area (Å²) in [5.74, 6) is 0.0484. The van der Waals surface area contributed by atoms with E-state index >= 15 is 0 Å². The van der Waals surface area contributed by atoms with E-state index in [1.807, 2.05) is 14.0 Å². The molecular weight excluding hydrogens is 368 g/mol. The van der Waals surface area contributed by atoms with Crippen LogP contribution in [0, 0.1) is 0 Å². The fourth-order valence-electron chi connectivity index (χ4n) is 3.10. The van der Waals surface area contributed by atoms with Gasteiger partial charge in [0.25, 0.3) is 5.91 Å². The van der Waals surface area contributed by atoms with Crippen LogP contribution in [0.25, 0.3) is 0 Å². The summed E-state index contributed by atoms with van der Waals surface area (Å²) in [5, 5.41) is 3.51. The molecule has 0 bridgehead atoms. The Balaban J connectivity index is 1.92. The minimum absolute atomic E-state index is 0.0528. The molecule has 3 heterocycles. The molecule has 2 aromatic rings. The number of hydrogen-bond acceptors (Lipinski definition) is 6. The van der Waals surface area contributed by atoms with Gasteiger partial charge in [-0.1, -0.05) is 11.6 Å². The molecule has 0 unspecified atom stereocenters. The first-order chi connectivity index (χ1) is 13.1. The maximum Gasteiger partial charge on any atom is 0.280 e. The van der Waals surface area contributed by atoms with Crippen molar-refractivity contribution >= 4 is 29.2 Å². The molecule has 2 amide bonds. The number of carbonyl (C=O) groups excluding carboxylic acids is 2. The summed E-state index contributed by atoms with van der Waals surface area (Å²) >= 11 is 5.92. The van der Waals surface area contributed by atoms with Crippen molar-refractivity contribution in [2.75, 3.05) is 31.6 Å². The number of likely N-dealkylation sites (N-methyl/N-ethyl adjacent to an activating group) is 2. The fourth-order valence-corrected chi connectivity index (χ4v) is 3.21. The van der Waals surface area contributed by atoms with Gasteiger partial charge < -0.3 is 10.2 Å². The SMILES string of the molecule is CCN(CCNC)C(=O)C[C@H]1c2nccnc2C(=O)N1c1ccc(Cl)cn1. The predicted octanol–water partition coefficient (Wildman–Crippen LogP) is 1.68. The minimum Gasteiger partial charge on any atom is -0.342 e. The van der Waals surface area contributed by atoms with Crippen molar-refractivity contribution in [2.24, 2.45) is 0 Å². The average Bonchev–Trinajstić information content (AvgIpc) is 2.95. The first-order valence-corrected chi connectivity index (χ1v) is 9.13. The second-order valence-corrected chi connectivity index (χ2v) is 6.53. The van der Waals surface area contributed by atoms with Crippen LogP contribution in [0.5, 0.6) is 0 Å². The largest absolute Gasteiger partial charge is 0.342 e. The number of halogens is 1. The highest BCUT2D eigenvalue weighted by Crippen LogP contribution is 2.37. The second-order valence-electron chi connectivity index (χ2n) is 6.10. The van der Waals surface area contributed by atoms with Gasteiger partial charge >= 0.3 is 0 Å². The van der Waals surface area contributed by atoms with Crippen LogP contribution in [0.1, 0.15) is 35.6 Å². The highest BCUT2D eigenvalue weighted by molar-refractivity contribution is 6.30. The van der Waals surface area contributed by atoms with E-state index in [2.05, 4.69) is 20.3 Å². The van der Waals surface area contributed by atoms with E-state index in [0.29, 0.717) is 36.2 Å². The van der Waals surface area contributed by atoms with Gasteiger partial charge in [0, 0.05) is 38.2 Å². The topological polar surface area (TPSA) is 91.3 Å². The number of anilines is 1. The van der Waals surface area contributed by atoms with Gasteiger partial charge in [-0.15, -0.1) is 0 Å². The molecule has 0 aromatic carbocycles. The summed E-state index contributed by atoms with van der Waals surface area (Å²) in [6.07, 6.45) is 4.58. The van der Waals surface area contributed by atoms with E-state index in [1.165, 1.54) is 23.5 Å². The van der Waals surface area contributed by atoms with Gasteiger partial charge in [-0.05, 0) is 26.1 Å². The van der Waals surface area contributed by atoms with Crippen LogP contribution < -0.4 is 10.2 Å². The van der Waals surface area contributed by atoms with Gasteiger partial charge in [-0.2, -0.15) is 0 Å². The lowest BCUT2D eigenvalue weighted by atomic mass is 10.1. The van der Waals surface area contributed by atoms with E-state index < -0.39 is 6.04 Å². The number of rotatable bonds is 7. The molecule has 142 valence electrons. The zero-order chi connectivity index (χ0) is 19.4. The maximum absolute atomic E-state index is 12.9. The molecule has 1 atom stereocenters. The van der Waals surface area contributed by atoms with Gasteiger partial charge in [0.15, 0.2) is 5.69 Å². The van der Waals surface area contributed by atoms with Crippen molar-refractivity contribution in [2.45, 2.75) is 19.4 Å². The Morgan fingerprint density at radius 3 is 2.74 bits per heavy atom. The monoisotopic (exact) mass is 388 g/mol. The number of hydrogen-bond donors (Lipinski definition) is 1. The van der Waals surface area contributed by atoms with Crippen molar-refractivity contribution in [3.8, 4) is 0 Å². The number of aromatic nitrogens is 3. The molecule has 1 N–H and O–H groups in total. The van der Waals surface area contributed by atoms with Gasteiger partial charge in [-0.3, -0.25) is 19.5 Å². The number of nitrogens with one attached hydrogen (secondary N) is 1. The molecule has 8 nitrogen and oxygen atoms in total. The number of fused-ring (bicyclic) bond motifs is 1. The van der Waals surface area contributed by atoms with Crippen molar-refractivity contribution in [3.63, 3.8) is 0 Å². The van der Waals surface area contributed by atoms with Gasteiger partial charge in [-0.25, -0.2) is 9.97 Å². The molecule has 27 heavy (non-hydrogen) atoms. The Labute approximate surface area is 162 Å². The van der Waals surface area contributed by atoms with E-state index in [9.17, 15) is 9.59 Å². The molecule has 0 saturated heterocycles. The van der Waals surface area contributed by atoms with E-state index in [1.54, 1.807) is 17.0 Å². The Morgan fingerprint density at radius 1 is 1.30 bits per heavy atom. The zero-order valence-corrected chi connectivity index (χ0v) is 16.0. The van der Waals surface area contributed by atoms with Crippen molar-refractivity contribution in [3.05, 3.63) is 47.1 Å². The highest BCUT2D eigenvalue weighted by Gasteiger charge is 2.42. The Bertz CT molecular complexity index is 829. The summed E-state index contributed by atoms with van der Waals surface area (Å²) < 4.78 is 0. The fraction of sp³-hybridized carbons (Fsp3) is 0.389. The number of pyridine rings is 1. The predicted molar refractivity (Wildman–Crippen MR) is 102 cm³/mol. The Hall–Kier alpha value is -2.58. The summed E-state index contributed by atoms with van der Waals surface area (Å²) in [7, 11) is 1.84. The average molecular weight is 389 g/mol. The Kier molecular flexibility index (Phi) is 5.98. The molecule has 0 radical (unpaired) electrons. The minimum atomic E-state index is -0.550. The molecule has 1 aliphatic heterocycles. The number of amides is 2. The quantitative estimate of drug-likeness (QED) is 0.776. The standard InChI is InChI=1S/C18H21ClN6O2/c1-3-24(9-8-20-2)15(26)10-13-16-17(22-7-6-21-16)18(27)25(13)14-5-4-12(19)11-23-14/h4-7,11,13,20H,3,8-10H2,1-2H3/t13-/m0/s1. The third-order valence-electron chi connectivity index (χ3n) is 4.47. The smallest absolute Gasteiger partial charge is 0.280 e. The molecule has 0 spiro atoms. The molecule has 0 aliphatic carbocycles. The van der Waals surface area contributed by atoms with Crippen LogP contribution in [-0.2, 0) is 4.79 Å².